The monoisotopic (exact) mass is 350 g/mol. The Morgan fingerprint density at radius 2 is 2.29 bits per heavy atom. The third kappa shape index (κ3) is 3.12. The predicted molar refractivity (Wildman–Crippen MR) is 88.9 cm³/mol. The van der Waals surface area contributed by atoms with Crippen LogP contribution in [0.4, 0.5) is 0 Å². The molecular formula is C15H21Cl3N2O. The fourth-order valence-corrected chi connectivity index (χ4v) is 4.40. The van der Waals surface area contributed by atoms with E-state index >= 15 is 0 Å². The number of hydrogen-bond donors (Lipinski definition) is 2. The van der Waals surface area contributed by atoms with Crippen LogP contribution in [-0.2, 0) is 4.79 Å². The Bertz CT molecular complexity index is 483. The van der Waals surface area contributed by atoms with E-state index < -0.39 is 16.2 Å². The molecule has 2 rings (SSSR count). The maximum atomic E-state index is 11.7. The summed E-state index contributed by atoms with van der Waals surface area (Å²) in [4.78, 5) is 10.8. The highest BCUT2D eigenvalue weighted by Gasteiger charge is 2.51. The van der Waals surface area contributed by atoms with Gasteiger partial charge in [-0.2, -0.15) is 0 Å². The standard InChI is InChI=1S/C15H21Cl3N2O/c1-2-3-4-9-7-11(14(19)21)13(17)15(18,12(9)16)10-5-6-20-8-10/h7,10,13,20H,2-6,8H2,1H3,(H2,19,21). The molecule has 1 amide bonds. The van der Waals surface area contributed by atoms with E-state index in [4.69, 9.17) is 40.5 Å². The van der Waals surface area contributed by atoms with Crippen molar-refractivity contribution in [2.45, 2.75) is 42.9 Å². The normalized spacial score (nSPS) is 33.2. The second kappa shape index (κ2) is 6.91. The average Bonchev–Trinajstić information content (AvgIpc) is 2.98. The van der Waals surface area contributed by atoms with Crippen LogP contribution in [0.15, 0.2) is 22.3 Å². The van der Waals surface area contributed by atoms with Gasteiger partial charge in [0.2, 0.25) is 5.91 Å². The molecule has 0 saturated carbocycles. The summed E-state index contributed by atoms with van der Waals surface area (Å²) in [7, 11) is 0. The van der Waals surface area contributed by atoms with Gasteiger partial charge in [0.1, 0.15) is 4.87 Å². The number of unbranched alkanes of at least 4 members (excludes halogenated alkanes) is 1. The van der Waals surface area contributed by atoms with E-state index in [1.807, 2.05) is 0 Å². The average molecular weight is 352 g/mol. The zero-order chi connectivity index (χ0) is 15.6. The third-order valence-corrected chi connectivity index (χ3v) is 6.39. The molecule has 1 heterocycles. The summed E-state index contributed by atoms with van der Waals surface area (Å²) in [6.45, 7) is 3.73. The van der Waals surface area contributed by atoms with Gasteiger partial charge >= 0.3 is 0 Å². The number of nitrogens with one attached hydrogen (secondary N) is 1. The van der Waals surface area contributed by atoms with Gasteiger partial charge in [-0.1, -0.05) is 24.9 Å². The summed E-state index contributed by atoms with van der Waals surface area (Å²) < 4.78 is 0. The molecule has 0 spiro atoms. The molecule has 3 N–H and O–H groups in total. The van der Waals surface area contributed by atoms with Gasteiger partial charge in [-0.05, 0) is 43.4 Å². The summed E-state index contributed by atoms with van der Waals surface area (Å²) in [5.74, 6) is -0.432. The molecule has 0 aromatic carbocycles. The second-order valence-electron chi connectivity index (χ2n) is 5.73. The molecule has 0 aromatic rings. The summed E-state index contributed by atoms with van der Waals surface area (Å²) >= 11 is 20.0. The van der Waals surface area contributed by atoms with Crippen molar-refractivity contribution in [3.05, 3.63) is 22.3 Å². The number of alkyl halides is 2. The molecule has 3 unspecified atom stereocenters. The van der Waals surface area contributed by atoms with Crippen molar-refractivity contribution in [1.82, 2.24) is 5.32 Å². The number of allylic oxidation sites excluding steroid dienone is 3. The Morgan fingerprint density at radius 3 is 2.81 bits per heavy atom. The van der Waals surface area contributed by atoms with Gasteiger partial charge in [-0.3, -0.25) is 4.79 Å². The number of amides is 1. The minimum Gasteiger partial charge on any atom is -0.366 e. The molecule has 0 aromatic heterocycles. The third-order valence-electron chi connectivity index (χ3n) is 4.33. The predicted octanol–water partition coefficient (Wildman–Crippen LogP) is 3.29. The van der Waals surface area contributed by atoms with Crippen LogP contribution >= 0.6 is 34.8 Å². The van der Waals surface area contributed by atoms with Gasteiger partial charge in [0.25, 0.3) is 0 Å². The largest absolute Gasteiger partial charge is 0.366 e. The molecule has 1 saturated heterocycles. The molecule has 1 aliphatic carbocycles. The van der Waals surface area contributed by atoms with Crippen LogP contribution in [-0.4, -0.2) is 29.2 Å². The summed E-state index contributed by atoms with van der Waals surface area (Å²) in [5.41, 5.74) is 6.75. The van der Waals surface area contributed by atoms with E-state index in [0.717, 1.165) is 44.3 Å². The van der Waals surface area contributed by atoms with E-state index in [2.05, 4.69) is 12.2 Å². The van der Waals surface area contributed by atoms with Crippen molar-refractivity contribution >= 4 is 40.7 Å². The molecule has 0 bridgehead atoms. The van der Waals surface area contributed by atoms with Crippen molar-refractivity contribution in [3.8, 4) is 0 Å². The van der Waals surface area contributed by atoms with Crippen molar-refractivity contribution in [2.24, 2.45) is 11.7 Å². The van der Waals surface area contributed by atoms with E-state index in [1.54, 1.807) is 6.08 Å². The first-order valence-corrected chi connectivity index (χ1v) is 8.56. The van der Waals surface area contributed by atoms with Crippen molar-refractivity contribution in [3.63, 3.8) is 0 Å². The lowest BCUT2D eigenvalue weighted by Crippen LogP contribution is -2.47. The minimum atomic E-state index is -0.950. The van der Waals surface area contributed by atoms with E-state index in [-0.39, 0.29) is 5.92 Å². The van der Waals surface area contributed by atoms with Gasteiger partial charge in [0.05, 0.1) is 5.38 Å². The SMILES string of the molecule is CCCCC1=C(Cl)C(Cl)(C2CCNC2)C(Cl)C(C(N)=O)=C1. The first kappa shape index (κ1) is 17.1. The van der Waals surface area contributed by atoms with Gasteiger partial charge in [-0.25, -0.2) is 0 Å². The smallest absolute Gasteiger partial charge is 0.246 e. The first-order chi connectivity index (χ1) is 9.92. The lowest BCUT2D eigenvalue weighted by Gasteiger charge is -2.40. The number of carbonyl (C=O) groups excluding carboxylic acids is 1. The Labute approximate surface area is 140 Å². The van der Waals surface area contributed by atoms with E-state index in [0.29, 0.717) is 10.6 Å². The molecule has 6 heteroatoms. The fourth-order valence-electron chi connectivity index (χ4n) is 3.05. The van der Waals surface area contributed by atoms with E-state index in [1.165, 1.54) is 0 Å². The molecule has 1 fully saturated rings. The molecule has 0 radical (unpaired) electrons. The zero-order valence-corrected chi connectivity index (χ0v) is 14.4. The van der Waals surface area contributed by atoms with Crippen LogP contribution in [0.25, 0.3) is 0 Å². The van der Waals surface area contributed by atoms with Gasteiger partial charge < -0.3 is 11.1 Å². The highest BCUT2D eigenvalue weighted by Crippen LogP contribution is 2.50. The van der Waals surface area contributed by atoms with Crippen LogP contribution in [0.5, 0.6) is 0 Å². The van der Waals surface area contributed by atoms with Crippen LogP contribution in [0.1, 0.15) is 32.6 Å². The molecule has 118 valence electrons. The number of hydrogen-bond acceptors (Lipinski definition) is 2. The summed E-state index contributed by atoms with van der Waals surface area (Å²) in [6, 6.07) is 0. The quantitative estimate of drug-likeness (QED) is 0.747. The fraction of sp³-hybridized carbons (Fsp3) is 0.667. The van der Waals surface area contributed by atoms with Crippen LogP contribution < -0.4 is 11.1 Å². The summed E-state index contributed by atoms with van der Waals surface area (Å²) in [6.07, 6.45) is 5.43. The first-order valence-electron chi connectivity index (χ1n) is 7.37. The van der Waals surface area contributed by atoms with Crippen molar-refractivity contribution < 1.29 is 4.79 Å². The topological polar surface area (TPSA) is 55.1 Å². The Kier molecular flexibility index (Phi) is 5.64. The van der Waals surface area contributed by atoms with Crippen LogP contribution in [0.3, 0.4) is 0 Å². The van der Waals surface area contributed by atoms with Gasteiger partial charge in [-0.15, -0.1) is 23.2 Å². The van der Waals surface area contributed by atoms with Gasteiger partial charge in [0, 0.05) is 17.2 Å². The molecule has 3 nitrogen and oxygen atoms in total. The molecule has 2 aliphatic rings. The molecular weight excluding hydrogens is 331 g/mol. The number of halogens is 3. The Balaban J connectivity index is 2.44. The van der Waals surface area contributed by atoms with Crippen molar-refractivity contribution in [1.29, 1.82) is 0 Å². The number of carbonyl (C=O) groups is 1. The van der Waals surface area contributed by atoms with Crippen LogP contribution in [0, 0.1) is 5.92 Å². The Morgan fingerprint density at radius 1 is 1.57 bits per heavy atom. The summed E-state index contributed by atoms with van der Waals surface area (Å²) in [5, 5.41) is 3.16. The number of primary amides is 1. The Hall–Kier alpha value is -0.220. The van der Waals surface area contributed by atoms with Crippen LogP contribution in [0.2, 0.25) is 0 Å². The maximum Gasteiger partial charge on any atom is 0.246 e. The lowest BCUT2D eigenvalue weighted by molar-refractivity contribution is -0.114. The molecule has 1 aliphatic heterocycles. The minimum absolute atomic E-state index is 0.0915. The van der Waals surface area contributed by atoms with Crippen molar-refractivity contribution in [2.75, 3.05) is 13.1 Å². The second-order valence-corrected chi connectivity index (χ2v) is 7.17. The molecule has 21 heavy (non-hydrogen) atoms. The maximum absolute atomic E-state index is 11.7. The van der Waals surface area contributed by atoms with Gasteiger partial charge in [0.15, 0.2) is 0 Å². The highest BCUT2D eigenvalue weighted by atomic mass is 35.5. The zero-order valence-electron chi connectivity index (χ0n) is 12.1. The van der Waals surface area contributed by atoms with E-state index in [9.17, 15) is 4.79 Å². The highest BCUT2D eigenvalue weighted by molar-refractivity contribution is 6.45. The number of rotatable bonds is 5. The molecule has 3 atom stereocenters. The number of nitrogens with two attached hydrogens (primary N) is 1. The lowest BCUT2D eigenvalue weighted by atomic mass is 9.78.